The number of aromatic nitrogens is 1. The van der Waals surface area contributed by atoms with Crippen molar-refractivity contribution in [2.75, 3.05) is 11.5 Å². The van der Waals surface area contributed by atoms with Crippen molar-refractivity contribution in [3.05, 3.63) is 58.6 Å². The van der Waals surface area contributed by atoms with E-state index in [0.29, 0.717) is 5.69 Å². The monoisotopic (exact) mass is 344 g/mol. The van der Waals surface area contributed by atoms with Gasteiger partial charge in [0.1, 0.15) is 10.7 Å². The molecule has 0 aliphatic rings. The Morgan fingerprint density at radius 3 is 2.25 bits per heavy atom. The first-order chi connectivity index (χ1) is 11.3. The van der Waals surface area contributed by atoms with Gasteiger partial charge in [0, 0.05) is 5.69 Å². The van der Waals surface area contributed by atoms with Crippen LogP contribution in [0.25, 0.3) is 10.9 Å². The largest absolute Gasteiger partial charge is 0.399 e. The number of nitro groups is 1. The third-order valence-corrected chi connectivity index (χ3v) is 5.29. The van der Waals surface area contributed by atoms with Gasteiger partial charge in [-0.15, -0.1) is 0 Å². The summed E-state index contributed by atoms with van der Waals surface area (Å²) in [5.74, 6) is 0.186. The molecule has 0 aliphatic carbocycles. The number of nitrogens with two attached hydrogens (primary N) is 2. The maximum absolute atomic E-state index is 12.8. The molecule has 3 aromatic rings. The summed E-state index contributed by atoms with van der Waals surface area (Å²) >= 11 is 0. The van der Waals surface area contributed by atoms with Crippen LogP contribution in [0.2, 0.25) is 0 Å². The second-order valence-electron chi connectivity index (χ2n) is 5.04. The molecule has 0 saturated carbocycles. The van der Waals surface area contributed by atoms with E-state index in [9.17, 15) is 18.5 Å². The molecule has 0 atom stereocenters. The second-order valence-corrected chi connectivity index (χ2v) is 6.96. The van der Waals surface area contributed by atoms with Gasteiger partial charge in [-0.3, -0.25) is 10.1 Å². The number of nitro benzene ring substituents is 1. The predicted molar refractivity (Wildman–Crippen MR) is 89.1 cm³/mol. The number of anilines is 2. The lowest BCUT2D eigenvalue weighted by Gasteiger charge is -2.08. The predicted octanol–water partition coefficient (Wildman–Crippen LogP) is 2.14. The Balaban J connectivity index is 2.33. The maximum atomic E-state index is 12.8. The fraction of sp³-hybridized carbons (Fsp3) is 0. The van der Waals surface area contributed by atoms with Crippen molar-refractivity contribution >= 4 is 37.9 Å². The number of fused-ring (bicyclic) bond motifs is 1. The van der Waals surface area contributed by atoms with Crippen molar-refractivity contribution in [1.82, 2.24) is 4.98 Å². The topological polar surface area (TPSA) is 142 Å². The fourth-order valence-corrected chi connectivity index (χ4v) is 3.80. The van der Waals surface area contributed by atoms with Crippen molar-refractivity contribution < 1.29 is 13.3 Å². The fourth-order valence-electron chi connectivity index (χ4n) is 2.36. The Bertz CT molecular complexity index is 1060. The van der Waals surface area contributed by atoms with Crippen LogP contribution in [-0.4, -0.2) is 18.3 Å². The van der Waals surface area contributed by atoms with E-state index in [4.69, 9.17) is 11.5 Å². The summed E-state index contributed by atoms with van der Waals surface area (Å²) in [4.78, 5) is 14.3. The van der Waals surface area contributed by atoms with E-state index in [-0.39, 0.29) is 21.6 Å². The Morgan fingerprint density at radius 2 is 1.62 bits per heavy atom. The number of hydrogen-bond donors (Lipinski definition) is 2. The molecule has 24 heavy (non-hydrogen) atoms. The minimum absolute atomic E-state index is 0.0810. The van der Waals surface area contributed by atoms with Crippen LogP contribution in [-0.2, 0) is 9.84 Å². The van der Waals surface area contributed by atoms with Crippen LogP contribution in [0.4, 0.5) is 17.2 Å². The molecule has 0 unspecified atom stereocenters. The van der Waals surface area contributed by atoms with E-state index >= 15 is 0 Å². The summed E-state index contributed by atoms with van der Waals surface area (Å²) in [6, 6.07) is 10.8. The summed E-state index contributed by atoms with van der Waals surface area (Å²) in [5, 5.41) is 11.6. The number of pyridine rings is 1. The van der Waals surface area contributed by atoms with Crippen LogP contribution >= 0.6 is 0 Å². The van der Waals surface area contributed by atoms with Crippen LogP contribution in [0.1, 0.15) is 0 Å². The van der Waals surface area contributed by atoms with Gasteiger partial charge in [0.15, 0.2) is 0 Å². The highest BCUT2D eigenvalue weighted by Crippen LogP contribution is 2.35. The van der Waals surface area contributed by atoms with Crippen LogP contribution in [0.15, 0.2) is 58.3 Å². The van der Waals surface area contributed by atoms with Gasteiger partial charge in [0.05, 0.1) is 20.7 Å². The summed E-state index contributed by atoms with van der Waals surface area (Å²) < 4.78 is 25.6. The lowest BCUT2D eigenvalue weighted by atomic mass is 10.2. The molecule has 2 aromatic carbocycles. The highest BCUT2D eigenvalue weighted by atomic mass is 32.2. The molecule has 0 bridgehead atoms. The number of nitrogen functional groups attached to an aromatic ring is 2. The average molecular weight is 344 g/mol. The zero-order valence-corrected chi connectivity index (χ0v) is 13.0. The van der Waals surface area contributed by atoms with E-state index in [1.54, 1.807) is 0 Å². The van der Waals surface area contributed by atoms with Gasteiger partial charge in [0.2, 0.25) is 9.84 Å². The Kier molecular flexibility index (Phi) is 3.57. The highest BCUT2D eigenvalue weighted by molar-refractivity contribution is 7.91. The van der Waals surface area contributed by atoms with Crippen molar-refractivity contribution in [1.29, 1.82) is 0 Å². The molecule has 0 amide bonds. The number of sulfone groups is 1. The first-order valence-corrected chi connectivity index (χ1v) is 8.23. The molecular weight excluding hydrogens is 332 g/mol. The van der Waals surface area contributed by atoms with Crippen molar-refractivity contribution in [2.45, 2.75) is 9.79 Å². The lowest BCUT2D eigenvalue weighted by molar-refractivity contribution is -0.386. The van der Waals surface area contributed by atoms with Gasteiger partial charge in [-0.1, -0.05) is 0 Å². The molecule has 0 aliphatic heterocycles. The molecule has 3 rings (SSSR count). The standard InChI is InChI=1S/C15H12N4O4S/c16-9-1-3-10(4-2-9)24(22,23)13-7-6-12-11(15(13)19(20)21)5-8-14(17)18-12/h1-8H,16H2,(H2,17,18). The molecule has 8 nitrogen and oxygen atoms in total. The number of hydrogen-bond acceptors (Lipinski definition) is 7. The van der Waals surface area contributed by atoms with Crippen LogP contribution in [0.5, 0.6) is 0 Å². The van der Waals surface area contributed by atoms with E-state index in [0.717, 1.165) is 0 Å². The van der Waals surface area contributed by atoms with Gasteiger partial charge >= 0.3 is 0 Å². The van der Waals surface area contributed by atoms with Crippen LogP contribution in [0, 0.1) is 10.1 Å². The molecule has 0 fully saturated rings. The van der Waals surface area contributed by atoms with Gasteiger partial charge in [-0.05, 0) is 48.5 Å². The Morgan fingerprint density at radius 1 is 0.958 bits per heavy atom. The van der Waals surface area contributed by atoms with Crippen LogP contribution in [0.3, 0.4) is 0 Å². The zero-order valence-electron chi connectivity index (χ0n) is 12.2. The van der Waals surface area contributed by atoms with E-state index in [1.807, 2.05) is 0 Å². The molecule has 0 saturated heterocycles. The van der Waals surface area contributed by atoms with E-state index < -0.39 is 25.3 Å². The third kappa shape index (κ3) is 2.50. The molecule has 0 spiro atoms. The summed E-state index contributed by atoms with van der Waals surface area (Å²) in [7, 11) is -4.09. The Labute approximate surface area is 136 Å². The minimum Gasteiger partial charge on any atom is -0.399 e. The third-order valence-electron chi connectivity index (χ3n) is 3.49. The van der Waals surface area contributed by atoms with Crippen molar-refractivity contribution in [3.8, 4) is 0 Å². The molecule has 1 heterocycles. The molecule has 0 radical (unpaired) electrons. The van der Waals surface area contributed by atoms with E-state index in [2.05, 4.69) is 4.98 Å². The summed E-state index contributed by atoms with van der Waals surface area (Å²) in [5.41, 5.74) is 11.2. The Hall–Kier alpha value is -3.20. The smallest absolute Gasteiger partial charge is 0.297 e. The summed E-state index contributed by atoms with van der Waals surface area (Å²) in [6.45, 7) is 0. The van der Waals surface area contributed by atoms with Crippen molar-refractivity contribution in [2.24, 2.45) is 0 Å². The van der Waals surface area contributed by atoms with Gasteiger partial charge < -0.3 is 11.5 Å². The quantitative estimate of drug-likeness (QED) is 0.421. The normalized spacial score (nSPS) is 11.5. The average Bonchev–Trinajstić information content (AvgIpc) is 2.53. The van der Waals surface area contributed by atoms with Gasteiger partial charge in [-0.2, -0.15) is 0 Å². The first-order valence-electron chi connectivity index (χ1n) is 6.75. The zero-order chi connectivity index (χ0) is 17.5. The summed E-state index contributed by atoms with van der Waals surface area (Å²) in [6.07, 6.45) is 0. The number of rotatable bonds is 3. The number of nitrogens with zero attached hydrogens (tertiary/aromatic N) is 2. The SMILES string of the molecule is Nc1ccc(S(=O)(=O)c2ccc3nc(N)ccc3c2[N+](=O)[O-])cc1. The maximum Gasteiger partial charge on any atom is 0.297 e. The minimum atomic E-state index is -4.09. The van der Waals surface area contributed by atoms with Gasteiger partial charge in [0.25, 0.3) is 5.69 Å². The van der Waals surface area contributed by atoms with Crippen LogP contribution < -0.4 is 11.5 Å². The molecule has 9 heteroatoms. The van der Waals surface area contributed by atoms with Crippen molar-refractivity contribution in [3.63, 3.8) is 0 Å². The van der Waals surface area contributed by atoms with E-state index in [1.165, 1.54) is 48.5 Å². The molecule has 1 aromatic heterocycles. The number of benzene rings is 2. The lowest BCUT2D eigenvalue weighted by Crippen LogP contribution is -2.07. The first kappa shape index (κ1) is 15.7. The molecule has 4 N–H and O–H groups in total. The molecular formula is C15H12N4O4S. The van der Waals surface area contributed by atoms with Gasteiger partial charge in [-0.25, -0.2) is 13.4 Å². The second kappa shape index (κ2) is 5.46. The molecule has 122 valence electrons. The highest BCUT2D eigenvalue weighted by Gasteiger charge is 2.30.